The third kappa shape index (κ3) is 25.3. The van der Waals surface area contributed by atoms with Crippen LogP contribution in [0, 0.1) is 0 Å². The van der Waals surface area contributed by atoms with Gasteiger partial charge in [0.05, 0.1) is 98.3 Å². The average molecular weight is 395 g/mol. The molecule has 8 heteroatoms. The minimum Gasteiger partial charge on any atom is -0.499 e. The fourth-order valence-corrected chi connectivity index (χ4v) is 1.73. The van der Waals surface area contributed by atoms with Gasteiger partial charge in [-0.3, -0.25) is 0 Å². The molecular formula is C19H38O8. The average Bonchev–Trinajstić information content (AvgIpc) is 2.65. The van der Waals surface area contributed by atoms with Gasteiger partial charge in [0, 0.05) is 0 Å². The van der Waals surface area contributed by atoms with E-state index in [0.29, 0.717) is 92.5 Å². The molecule has 0 saturated carbocycles. The van der Waals surface area contributed by atoms with Gasteiger partial charge in [0.15, 0.2) is 0 Å². The second-order valence-corrected chi connectivity index (χ2v) is 5.63. The molecule has 0 aromatic rings. The highest BCUT2D eigenvalue weighted by atomic mass is 16.6. The summed E-state index contributed by atoms with van der Waals surface area (Å²) in [5.74, 6) is 0. The molecule has 0 unspecified atom stereocenters. The Morgan fingerprint density at radius 2 is 0.815 bits per heavy atom. The first kappa shape index (κ1) is 26.3. The van der Waals surface area contributed by atoms with Gasteiger partial charge in [0.2, 0.25) is 0 Å². The molecule has 0 aromatic carbocycles. The quantitative estimate of drug-likeness (QED) is 0.191. The molecule has 0 N–H and O–H groups in total. The molecule has 0 atom stereocenters. The van der Waals surface area contributed by atoms with Crippen LogP contribution in [0.15, 0.2) is 12.8 Å². The minimum absolute atomic E-state index is 0.242. The van der Waals surface area contributed by atoms with Crippen LogP contribution in [0.3, 0.4) is 0 Å². The van der Waals surface area contributed by atoms with E-state index < -0.39 is 0 Å². The highest BCUT2D eigenvalue weighted by Gasteiger charge is 1.95. The summed E-state index contributed by atoms with van der Waals surface area (Å²) >= 11 is 0. The lowest BCUT2D eigenvalue weighted by molar-refractivity contribution is -0.0245. The number of hydrogen-bond donors (Lipinski definition) is 0. The number of ether oxygens (including phenoxy) is 8. The first-order valence-electron chi connectivity index (χ1n) is 9.58. The van der Waals surface area contributed by atoms with E-state index in [1.54, 1.807) is 0 Å². The van der Waals surface area contributed by atoms with E-state index in [-0.39, 0.29) is 6.10 Å². The maximum Gasteiger partial charge on any atom is 0.111 e. The predicted octanol–water partition coefficient (Wildman–Crippen LogP) is 1.67. The van der Waals surface area contributed by atoms with Crippen LogP contribution in [0.2, 0.25) is 0 Å². The number of rotatable bonds is 23. The Hall–Kier alpha value is -0.740. The zero-order valence-corrected chi connectivity index (χ0v) is 17.0. The van der Waals surface area contributed by atoms with Gasteiger partial charge in [0.1, 0.15) is 6.61 Å². The summed E-state index contributed by atoms with van der Waals surface area (Å²) in [6.07, 6.45) is 1.64. The van der Waals surface area contributed by atoms with Crippen molar-refractivity contribution < 1.29 is 37.9 Å². The van der Waals surface area contributed by atoms with Crippen molar-refractivity contribution >= 4 is 0 Å². The third-order valence-corrected chi connectivity index (χ3v) is 3.00. The molecule has 0 saturated heterocycles. The van der Waals surface area contributed by atoms with E-state index >= 15 is 0 Å². The van der Waals surface area contributed by atoms with Crippen molar-refractivity contribution in [2.24, 2.45) is 0 Å². The Balaban J connectivity index is 2.98. The van der Waals surface area contributed by atoms with E-state index in [0.717, 1.165) is 0 Å². The van der Waals surface area contributed by atoms with Crippen molar-refractivity contribution in [3.05, 3.63) is 12.8 Å². The van der Waals surface area contributed by atoms with Crippen molar-refractivity contribution in [3.8, 4) is 0 Å². The van der Waals surface area contributed by atoms with Crippen LogP contribution < -0.4 is 0 Å². The smallest absolute Gasteiger partial charge is 0.111 e. The lowest BCUT2D eigenvalue weighted by Crippen LogP contribution is -2.15. The van der Waals surface area contributed by atoms with Crippen LogP contribution in [-0.2, 0) is 37.9 Å². The van der Waals surface area contributed by atoms with Gasteiger partial charge in [-0.2, -0.15) is 0 Å². The highest BCUT2D eigenvalue weighted by Crippen LogP contribution is 1.88. The van der Waals surface area contributed by atoms with Crippen molar-refractivity contribution in [1.82, 2.24) is 0 Å². The molecule has 0 aromatic heterocycles. The molecule has 0 heterocycles. The number of hydrogen-bond acceptors (Lipinski definition) is 8. The monoisotopic (exact) mass is 394 g/mol. The fraction of sp³-hybridized carbons (Fsp3) is 0.895. The molecule has 0 aliphatic heterocycles. The van der Waals surface area contributed by atoms with Crippen LogP contribution >= 0.6 is 0 Å². The standard InChI is InChI=1S/C19H38O8/c1-4-20-5-6-21-7-8-22-9-10-23-11-12-24-13-14-25-15-16-26-17-18-27-19(2)3/h4,19H,1,5-18H2,2-3H3. The van der Waals surface area contributed by atoms with Gasteiger partial charge in [-0.25, -0.2) is 0 Å². The van der Waals surface area contributed by atoms with Crippen molar-refractivity contribution in [2.75, 3.05) is 92.5 Å². The zero-order chi connectivity index (χ0) is 19.8. The molecular weight excluding hydrogens is 356 g/mol. The van der Waals surface area contributed by atoms with Crippen LogP contribution in [0.1, 0.15) is 13.8 Å². The van der Waals surface area contributed by atoms with Crippen molar-refractivity contribution in [2.45, 2.75) is 20.0 Å². The Morgan fingerprint density at radius 1 is 0.519 bits per heavy atom. The molecule has 0 aliphatic rings. The molecule has 0 rings (SSSR count). The summed E-state index contributed by atoms with van der Waals surface area (Å²) in [6.45, 7) is 15.2. The van der Waals surface area contributed by atoms with E-state index in [9.17, 15) is 0 Å². The Morgan fingerprint density at radius 3 is 1.11 bits per heavy atom. The van der Waals surface area contributed by atoms with Crippen molar-refractivity contribution in [3.63, 3.8) is 0 Å². The maximum absolute atomic E-state index is 5.41. The van der Waals surface area contributed by atoms with Gasteiger partial charge in [-0.1, -0.05) is 6.58 Å². The normalized spacial score (nSPS) is 11.2. The highest BCUT2D eigenvalue weighted by molar-refractivity contribution is 4.47. The van der Waals surface area contributed by atoms with Gasteiger partial charge >= 0.3 is 0 Å². The van der Waals surface area contributed by atoms with E-state index in [2.05, 4.69) is 6.58 Å². The summed E-state index contributed by atoms with van der Waals surface area (Å²) in [6, 6.07) is 0. The Bertz CT molecular complexity index is 289. The SMILES string of the molecule is C=COCCOCCOCCOCCOCCOCCOCCOC(C)C. The summed E-state index contributed by atoms with van der Waals surface area (Å²) < 4.78 is 42.5. The van der Waals surface area contributed by atoms with E-state index in [1.165, 1.54) is 6.26 Å². The molecule has 0 bridgehead atoms. The topological polar surface area (TPSA) is 73.8 Å². The minimum atomic E-state index is 0.242. The summed E-state index contributed by atoms with van der Waals surface area (Å²) in [5.41, 5.74) is 0. The molecule has 0 spiro atoms. The van der Waals surface area contributed by atoms with E-state index in [4.69, 9.17) is 37.9 Å². The molecule has 0 fully saturated rings. The van der Waals surface area contributed by atoms with Gasteiger partial charge in [0.25, 0.3) is 0 Å². The fourth-order valence-electron chi connectivity index (χ4n) is 1.73. The molecule has 162 valence electrons. The molecule has 27 heavy (non-hydrogen) atoms. The van der Waals surface area contributed by atoms with Crippen LogP contribution in [0.25, 0.3) is 0 Å². The summed E-state index contributed by atoms with van der Waals surface area (Å²) in [5, 5.41) is 0. The third-order valence-electron chi connectivity index (χ3n) is 3.00. The van der Waals surface area contributed by atoms with Crippen molar-refractivity contribution in [1.29, 1.82) is 0 Å². The van der Waals surface area contributed by atoms with Crippen LogP contribution in [0.4, 0.5) is 0 Å². The van der Waals surface area contributed by atoms with Crippen LogP contribution in [0.5, 0.6) is 0 Å². The van der Waals surface area contributed by atoms with Crippen LogP contribution in [-0.4, -0.2) is 98.6 Å². The summed E-state index contributed by atoms with van der Waals surface area (Å²) in [4.78, 5) is 0. The second kappa shape index (κ2) is 23.3. The zero-order valence-electron chi connectivity index (χ0n) is 17.0. The first-order chi connectivity index (χ1) is 13.3. The molecule has 0 radical (unpaired) electrons. The maximum atomic E-state index is 5.41. The molecule has 0 amide bonds. The van der Waals surface area contributed by atoms with Gasteiger partial charge in [-0.15, -0.1) is 0 Å². The molecule has 8 nitrogen and oxygen atoms in total. The van der Waals surface area contributed by atoms with Gasteiger partial charge in [-0.05, 0) is 13.8 Å². The van der Waals surface area contributed by atoms with Gasteiger partial charge < -0.3 is 37.9 Å². The lowest BCUT2D eigenvalue weighted by Gasteiger charge is -2.09. The summed E-state index contributed by atoms with van der Waals surface area (Å²) in [7, 11) is 0. The molecule has 0 aliphatic carbocycles. The Kier molecular flexibility index (Phi) is 22.7. The first-order valence-corrected chi connectivity index (χ1v) is 9.58. The Labute approximate surface area is 164 Å². The van der Waals surface area contributed by atoms with E-state index in [1.807, 2.05) is 13.8 Å². The largest absolute Gasteiger partial charge is 0.499 e. The lowest BCUT2D eigenvalue weighted by atomic mass is 10.5. The predicted molar refractivity (Wildman–Crippen MR) is 102 cm³/mol. The second-order valence-electron chi connectivity index (χ2n) is 5.63.